The number of benzene rings is 2. The number of amides is 2. The van der Waals surface area contributed by atoms with Crippen LogP contribution in [0.1, 0.15) is 53.6 Å². The standard InChI is InChI=1S/C29H32N4O4/c34-27-11-10-26(28(35)31-27)33-17-21-14-23(8-9-24(21)29(33)36)37-18-22-6-3-4-12-32(22)16-19-13-20-5-1-2-7-25(20)30-15-19/h1-2,5,7-9,13-15,22,26,28,35H,3-4,6,10-12,16-18H2,(H,31,34)/t22-,26?,28?/m1/s1. The number of likely N-dealkylation sites (tertiary alicyclic amines) is 1. The van der Waals surface area contributed by atoms with Crippen molar-refractivity contribution in [2.24, 2.45) is 0 Å². The lowest BCUT2D eigenvalue weighted by Gasteiger charge is -2.35. The molecule has 2 amide bonds. The van der Waals surface area contributed by atoms with Gasteiger partial charge in [0.2, 0.25) is 5.91 Å². The lowest BCUT2D eigenvalue weighted by Crippen LogP contribution is -2.55. The summed E-state index contributed by atoms with van der Waals surface area (Å²) in [6, 6.07) is 16.0. The van der Waals surface area contributed by atoms with Gasteiger partial charge in [-0.2, -0.15) is 0 Å². The van der Waals surface area contributed by atoms with Gasteiger partial charge in [-0.3, -0.25) is 19.5 Å². The number of aliphatic hydroxyl groups is 1. The zero-order valence-electron chi connectivity index (χ0n) is 20.8. The molecule has 2 fully saturated rings. The summed E-state index contributed by atoms with van der Waals surface area (Å²) in [5.41, 5.74) is 3.76. The SMILES string of the molecule is O=C1CCC(N2Cc3cc(OC[C@H]4CCCCN4Cc4cnc5ccccc5c4)ccc3C2=O)C(O)N1. The predicted octanol–water partition coefficient (Wildman–Crippen LogP) is 3.22. The van der Waals surface area contributed by atoms with Crippen LogP contribution in [0.2, 0.25) is 0 Å². The van der Waals surface area contributed by atoms with Crippen molar-refractivity contribution >= 4 is 22.7 Å². The number of pyridine rings is 1. The van der Waals surface area contributed by atoms with Gasteiger partial charge in [0.15, 0.2) is 0 Å². The molecule has 2 unspecified atom stereocenters. The number of fused-ring (bicyclic) bond motifs is 2. The van der Waals surface area contributed by atoms with Gasteiger partial charge in [-0.1, -0.05) is 24.6 Å². The third-order valence-corrected chi connectivity index (χ3v) is 7.87. The second-order valence-electron chi connectivity index (χ2n) is 10.3. The van der Waals surface area contributed by atoms with Crippen LogP contribution in [-0.4, -0.2) is 63.2 Å². The first kappa shape index (κ1) is 23.9. The molecule has 0 saturated carbocycles. The number of hydrogen-bond donors (Lipinski definition) is 2. The first-order valence-electron chi connectivity index (χ1n) is 13.2. The third kappa shape index (κ3) is 4.91. The van der Waals surface area contributed by atoms with Crippen molar-refractivity contribution in [2.45, 2.75) is 63.5 Å². The smallest absolute Gasteiger partial charge is 0.254 e. The number of rotatable bonds is 6. The summed E-state index contributed by atoms with van der Waals surface area (Å²) >= 11 is 0. The molecule has 3 aromatic rings. The Balaban J connectivity index is 1.10. The molecule has 0 spiro atoms. The molecule has 3 aliphatic rings. The molecule has 0 bridgehead atoms. The van der Waals surface area contributed by atoms with E-state index in [1.54, 1.807) is 4.90 Å². The molecule has 0 aliphatic carbocycles. The van der Waals surface area contributed by atoms with Gasteiger partial charge >= 0.3 is 0 Å². The van der Waals surface area contributed by atoms with E-state index >= 15 is 0 Å². The summed E-state index contributed by atoms with van der Waals surface area (Å²) in [7, 11) is 0. The molecule has 8 heteroatoms. The molecule has 2 aromatic carbocycles. The number of aliphatic hydroxyl groups excluding tert-OH is 1. The summed E-state index contributed by atoms with van der Waals surface area (Å²) in [5.74, 6) is 0.463. The summed E-state index contributed by atoms with van der Waals surface area (Å²) in [6.45, 7) is 2.88. The molecule has 3 atom stereocenters. The maximum Gasteiger partial charge on any atom is 0.254 e. The van der Waals surface area contributed by atoms with E-state index in [9.17, 15) is 14.7 Å². The zero-order valence-corrected chi connectivity index (χ0v) is 20.8. The maximum absolute atomic E-state index is 13.0. The lowest BCUT2D eigenvalue weighted by molar-refractivity contribution is -0.129. The minimum absolute atomic E-state index is 0.107. The minimum atomic E-state index is -1.04. The van der Waals surface area contributed by atoms with Crippen LogP contribution in [0.3, 0.4) is 0 Å². The first-order valence-corrected chi connectivity index (χ1v) is 13.2. The van der Waals surface area contributed by atoms with Crippen molar-refractivity contribution in [1.82, 2.24) is 20.1 Å². The minimum Gasteiger partial charge on any atom is -0.492 e. The molecule has 192 valence electrons. The van der Waals surface area contributed by atoms with Gasteiger partial charge in [0.05, 0.1) is 11.6 Å². The lowest BCUT2D eigenvalue weighted by atomic mass is 10.0. The highest BCUT2D eigenvalue weighted by Crippen LogP contribution is 2.31. The normalized spacial score (nSPS) is 24.2. The van der Waals surface area contributed by atoms with E-state index in [-0.39, 0.29) is 11.8 Å². The van der Waals surface area contributed by atoms with E-state index in [0.29, 0.717) is 37.6 Å². The highest BCUT2D eigenvalue weighted by atomic mass is 16.5. The van der Waals surface area contributed by atoms with Gasteiger partial charge in [-0.15, -0.1) is 0 Å². The van der Waals surface area contributed by atoms with Crippen molar-refractivity contribution < 1.29 is 19.4 Å². The third-order valence-electron chi connectivity index (χ3n) is 7.87. The number of para-hydroxylation sites is 1. The maximum atomic E-state index is 13.0. The molecular weight excluding hydrogens is 468 g/mol. The predicted molar refractivity (Wildman–Crippen MR) is 139 cm³/mol. The monoisotopic (exact) mass is 500 g/mol. The largest absolute Gasteiger partial charge is 0.492 e. The van der Waals surface area contributed by atoms with E-state index in [0.717, 1.165) is 41.7 Å². The fourth-order valence-corrected chi connectivity index (χ4v) is 5.86. The van der Waals surface area contributed by atoms with Crippen molar-refractivity contribution in [3.8, 4) is 5.75 Å². The van der Waals surface area contributed by atoms with Gasteiger partial charge in [-0.25, -0.2) is 0 Å². The first-order chi connectivity index (χ1) is 18.0. The second-order valence-corrected chi connectivity index (χ2v) is 10.3. The van der Waals surface area contributed by atoms with Crippen LogP contribution in [0, 0.1) is 0 Å². The Labute approximate surface area is 216 Å². The number of carbonyl (C=O) groups excluding carboxylic acids is 2. The number of nitrogens with zero attached hydrogens (tertiary/aromatic N) is 3. The number of carbonyl (C=O) groups is 2. The number of ether oxygens (including phenoxy) is 1. The van der Waals surface area contributed by atoms with Gasteiger partial charge in [-0.05, 0) is 67.3 Å². The Morgan fingerprint density at radius 2 is 1.97 bits per heavy atom. The van der Waals surface area contributed by atoms with Gasteiger partial charge in [0.1, 0.15) is 18.6 Å². The number of nitrogens with one attached hydrogen (secondary N) is 1. The quantitative estimate of drug-likeness (QED) is 0.540. The summed E-state index contributed by atoms with van der Waals surface area (Å²) in [5, 5.41) is 14.0. The van der Waals surface area contributed by atoms with Crippen molar-refractivity contribution in [1.29, 1.82) is 0 Å². The van der Waals surface area contributed by atoms with E-state index in [2.05, 4.69) is 27.3 Å². The number of hydrogen-bond acceptors (Lipinski definition) is 6. The zero-order chi connectivity index (χ0) is 25.4. The second kappa shape index (κ2) is 10.1. The molecule has 2 N–H and O–H groups in total. The van der Waals surface area contributed by atoms with Crippen LogP contribution in [0.15, 0.2) is 54.7 Å². The topological polar surface area (TPSA) is 95.0 Å². The molecular formula is C29H32N4O4. The number of aromatic nitrogens is 1. The van der Waals surface area contributed by atoms with Crippen LogP contribution >= 0.6 is 0 Å². The van der Waals surface area contributed by atoms with E-state index in [1.165, 1.54) is 18.4 Å². The Morgan fingerprint density at radius 1 is 1.08 bits per heavy atom. The fourth-order valence-electron chi connectivity index (χ4n) is 5.86. The molecule has 0 radical (unpaired) electrons. The Morgan fingerprint density at radius 3 is 2.86 bits per heavy atom. The highest BCUT2D eigenvalue weighted by molar-refractivity contribution is 5.99. The number of piperidine rings is 2. The highest BCUT2D eigenvalue weighted by Gasteiger charge is 2.39. The Kier molecular flexibility index (Phi) is 6.52. The van der Waals surface area contributed by atoms with Crippen molar-refractivity contribution in [2.75, 3.05) is 13.2 Å². The Bertz CT molecular complexity index is 1330. The molecule has 8 nitrogen and oxygen atoms in total. The summed E-state index contributed by atoms with van der Waals surface area (Å²) in [6.07, 6.45) is 5.17. The van der Waals surface area contributed by atoms with E-state index < -0.39 is 12.3 Å². The summed E-state index contributed by atoms with van der Waals surface area (Å²) in [4.78, 5) is 33.3. The van der Waals surface area contributed by atoms with Crippen LogP contribution in [-0.2, 0) is 17.9 Å². The molecule has 4 heterocycles. The molecule has 3 aliphatic heterocycles. The average Bonchev–Trinajstić information content (AvgIpc) is 3.23. The van der Waals surface area contributed by atoms with E-state index in [4.69, 9.17) is 4.74 Å². The van der Waals surface area contributed by atoms with Crippen molar-refractivity contribution in [3.05, 3.63) is 71.4 Å². The van der Waals surface area contributed by atoms with Crippen LogP contribution in [0.5, 0.6) is 5.75 Å². The average molecular weight is 501 g/mol. The summed E-state index contributed by atoms with van der Waals surface area (Å²) < 4.78 is 6.27. The van der Waals surface area contributed by atoms with Crippen molar-refractivity contribution in [3.63, 3.8) is 0 Å². The van der Waals surface area contributed by atoms with Gasteiger partial charge in [0, 0.05) is 42.7 Å². The van der Waals surface area contributed by atoms with Crippen LogP contribution < -0.4 is 10.1 Å². The molecule has 37 heavy (non-hydrogen) atoms. The van der Waals surface area contributed by atoms with Gasteiger partial charge < -0.3 is 20.1 Å². The van der Waals surface area contributed by atoms with E-state index in [1.807, 2.05) is 42.6 Å². The molecule has 6 rings (SSSR count). The fraction of sp³-hybridized carbons (Fsp3) is 0.414. The van der Waals surface area contributed by atoms with Gasteiger partial charge in [0.25, 0.3) is 5.91 Å². The molecule has 1 aromatic heterocycles. The molecule has 2 saturated heterocycles. The Hall–Kier alpha value is -3.49. The van der Waals surface area contributed by atoms with Crippen LogP contribution in [0.4, 0.5) is 0 Å². The van der Waals surface area contributed by atoms with Crippen LogP contribution in [0.25, 0.3) is 10.9 Å².